The van der Waals surface area contributed by atoms with E-state index < -0.39 is 0 Å². The van der Waals surface area contributed by atoms with E-state index in [2.05, 4.69) is 40.7 Å². The van der Waals surface area contributed by atoms with E-state index in [1.54, 1.807) is 14.2 Å². The van der Waals surface area contributed by atoms with Crippen molar-refractivity contribution in [2.45, 2.75) is 26.8 Å². The van der Waals surface area contributed by atoms with Crippen LogP contribution in [-0.2, 0) is 13.0 Å². The van der Waals surface area contributed by atoms with Gasteiger partial charge in [-0.05, 0) is 44.0 Å². The van der Waals surface area contributed by atoms with E-state index in [0.29, 0.717) is 6.54 Å². The number of methoxy groups -OCH3 is 1. The predicted molar refractivity (Wildman–Crippen MR) is 133 cm³/mol. The monoisotopic (exact) mass is 519 g/mol. The first-order valence-corrected chi connectivity index (χ1v) is 9.81. The van der Waals surface area contributed by atoms with Crippen LogP contribution in [0, 0.1) is 13.8 Å². The fraction of sp³-hybridized carbons (Fsp3) is 0.304. The lowest BCUT2D eigenvalue weighted by Crippen LogP contribution is -2.38. The second-order valence-corrected chi connectivity index (χ2v) is 6.81. The number of aromatic nitrogens is 2. The highest BCUT2D eigenvalue weighted by Gasteiger charge is 2.13. The normalized spacial score (nSPS) is 11.0. The van der Waals surface area contributed by atoms with E-state index >= 15 is 0 Å². The lowest BCUT2D eigenvalue weighted by atomic mass is 10.1. The minimum Gasteiger partial charge on any atom is -0.496 e. The quantitative estimate of drug-likeness (QED) is 0.281. The van der Waals surface area contributed by atoms with Crippen molar-refractivity contribution in [1.82, 2.24) is 20.4 Å². The average Bonchev–Trinajstić information content (AvgIpc) is 3.05. The van der Waals surface area contributed by atoms with Crippen LogP contribution in [0.4, 0.5) is 0 Å². The van der Waals surface area contributed by atoms with Crippen LogP contribution in [0.3, 0.4) is 0 Å². The summed E-state index contributed by atoms with van der Waals surface area (Å²) in [5, 5.41) is 11.5. The molecule has 0 aliphatic rings. The standard InChI is InChI=1S/C23H29N5O.HI/c1-17-21(18(2)28(27-17)20-11-6-5-7-12-20)16-26-23(24-3)25-15-14-19-10-8-9-13-22(19)29-4;/h5-13H,14-16H2,1-4H3,(H2,24,25,26);1H. The number of hydrogen-bond donors (Lipinski definition) is 2. The van der Waals surface area contributed by atoms with Crippen LogP contribution in [0.15, 0.2) is 59.6 Å². The summed E-state index contributed by atoms with van der Waals surface area (Å²) in [5.74, 6) is 1.68. The molecule has 2 N–H and O–H groups in total. The topological polar surface area (TPSA) is 63.5 Å². The minimum atomic E-state index is 0. The van der Waals surface area contributed by atoms with Gasteiger partial charge in [-0.25, -0.2) is 4.68 Å². The van der Waals surface area contributed by atoms with Crippen LogP contribution in [0.1, 0.15) is 22.5 Å². The Labute approximate surface area is 195 Å². The van der Waals surface area contributed by atoms with Gasteiger partial charge in [0, 0.05) is 31.4 Å². The maximum absolute atomic E-state index is 5.42. The molecule has 0 fully saturated rings. The molecule has 0 saturated heterocycles. The van der Waals surface area contributed by atoms with Crippen molar-refractivity contribution in [2.75, 3.05) is 20.7 Å². The average molecular weight is 519 g/mol. The third-order valence-electron chi connectivity index (χ3n) is 4.98. The van der Waals surface area contributed by atoms with E-state index in [1.165, 1.54) is 11.1 Å². The van der Waals surface area contributed by atoms with Gasteiger partial charge in [0.2, 0.25) is 0 Å². The third-order valence-corrected chi connectivity index (χ3v) is 4.98. The maximum Gasteiger partial charge on any atom is 0.191 e. The van der Waals surface area contributed by atoms with Gasteiger partial charge in [0.25, 0.3) is 0 Å². The van der Waals surface area contributed by atoms with Gasteiger partial charge in [0.15, 0.2) is 5.96 Å². The van der Waals surface area contributed by atoms with Gasteiger partial charge in [-0.3, -0.25) is 4.99 Å². The third kappa shape index (κ3) is 5.75. The molecule has 0 aliphatic carbocycles. The summed E-state index contributed by atoms with van der Waals surface area (Å²) >= 11 is 0. The summed E-state index contributed by atoms with van der Waals surface area (Å²) in [6.07, 6.45) is 0.856. The second-order valence-electron chi connectivity index (χ2n) is 6.81. The number of benzene rings is 2. The molecule has 0 atom stereocenters. The number of hydrogen-bond acceptors (Lipinski definition) is 3. The number of rotatable bonds is 7. The smallest absolute Gasteiger partial charge is 0.191 e. The minimum absolute atomic E-state index is 0. The van der Waals surface area contributed by atoms with Crippen molar-refractivity contribution in [3.63, 3.8) is 0 Å². The zero-order valence-corrected chi connectivity index (χ0v) is 20.3. The summed E-state index contributed by atoms with van der Waals surface area (Å²) in [6.45, 7) is 5.57. The Kier molecular flexibility index (Phi) is 9.16. The van der Waals surface area contributed by atoms with Gasteiger partial charge in [0.1, 0.15) is 5.75 Å². The number of nitrogens with one attached hydrogen (secondary N) is 2. The first kappa shape index (κ1) is 23.7. The number of aliphatic imine (C=N–C) groups is 1. The molecule has 1 heterocycles. The molecule has 3 rings (SSSR count). The Bertz CT molecular complexity index is 969. The Hall–Kier alpha value is -2.55. The van der Waals surface area contributed by atoms with Crippen LogP contribution in [0.25, 0.3) is 5.69 Å². The molecule has 0 spiro atoms. The van der Waals surface area contributed by atoms with Gasteiger partial charge in [-0.2, -0.15) is 5.10 Å². The highest BCUT2D eigenvalue weighted by Crippen LogP contribution is 2.18. The van der Waals surface area contributed by atoms with Crippen molar-refractivity contribution in [3.05, 3.63) is 77.1 Å². The molecule has 2 aromatic carbocycles. The fourth-order valence-electron chi connectivity index (χ4n) is 3.37. The number of halogens is 1. The number of nitrogens with zero attached hydrogens (tertiary/aromatic N) is 3. The molecule has 0 aliphatic heterocycles. The summed E-state index contributed by atoms with van der Waals surface area (Å²) in [4.78, 5) is 4.34. The molecule has 7 heteroatoms. The van der Waals surface area contributed by atoms with Crippen LogP contribution in [0.2, 0.25) is 0 Å². The molecule has 0 unspecified atom stereocenters. The van der Waals surface area contributed by atoms with Gasteiger partial charge < -0.3 is 15.4 Å². The van der Waals surface area contributed by atoms with E-state index in [4.69, 9.17) is 9.84 Å². The fourth-order valence-corrected chi connectivity index (χ4v) is 3.37. The molecule has 0 bridgehead atoms. The van der Waals surface area contributed by atoms with Crippen LogP contribution in [0.5, 0.6) is 5.75 Å². The summed E-state index contributed by atoms with van der Waals surface area (Å²) in [5.41, 5.74) is 5.57. The second kappa shape index (κ2) is 11.6. The molecule has 0 radical (unpaired) electrons. The first-order valence-electron chi connectivity index (χ1n) is 9.81. The molecule has 3 aromatic rings. The zero-order chi connectivity index (χ0) is 20.6. The highest BCUT2D eigenvalue weighted by atomic mass is 127. The Morgan fingerprint density at radius 3 is 2.43 bits per heavy atom. The van der Waals surface area contributed by atoms with E-state index in [9.17, 15) is 0 Å². The summed E-state index contributed by atoms with van der Waals surface area (Å²) in [7, 11) is 3.48. The van der Waals surface area contributed by atoms with E-state index in [1.807, 2.05) is 48.0 Å². The number of aryl methyl sites for hydroxylation is 1. The lowest BCUT2D eigenvalue weighted by molar-refractivity contribution is 0.409. The Morgan fingerprint density at radius 2 is 1.73 bits per heavy atom. The number of guanidine groups is 1. The number of para-hydroxylation sites is 2. The molecule has 160 valence electrons. The van der Waals surface area contributed by atoms with Crippen molar-refractivity contribution in [3.8, 4) is 11.4 Å². The Morgan fingerprint density at radius 1 is 1.03 bits per heavy atom. The molecule has 6 nitrogen and oxygen atoms in total. The van der Waals surface area contributed by atoms with Gasteiger partial charge in [-0.15, -0.1) is 24.0 Å². The van der Waals surface area contributed by atoms with Crippen LogP contribution in [-0.4, -0.2) is 36.4 Å². The van der Waals surface area contributed by atoms with Crippen LogP contribution < -0.4 is 15.4 Å². The predicted octanol–water partition coefficient (Wildman–Crippen LogP) is 4.02. The SMILES string of the molecule is CN=C(NCCc1ccccc1OC)NCc1c(C)nn(-c2ccccc2)c1C.I. The van der Waals surface area contributed by atoms with Gasteiger partial charge in [-0.1, -0.05) is 36.4 Å². The lowest BCUT2D eigenvalue weighted by Gasteiger charge is -2.13. The van der Waals surface area contributed by atoms with E-state index in [-0.39, 0.29) is 24.0 Å². The van der Waals surface area contributed by atoms with Crippen LogP contribution >= 0.6 is 24.0 Å². The van der Waals surface area contributed by atoms with Crippen molar-refractivity contribution < 1.29 is 4.74 Å². The maximum atomic E-state index is 5.42. The first-order chi connectivity index (χ1) is 14.1. The zero-order valence-electron chi connectivity index (χ0n) is 18.0. The molecule has 0 amide bonds. The number of ether oxygens (including phenoxy) is 1. The van der Waals surface area contributed by atoms with Gasteiger partial charge in [0.05, 0.1) is 18.5 Å². The Balaban J connectivity index is 0.00000320. The summed E-state index contributed by atoms with van der Waals surface area (Å²) in [6, 6.07) is 18.3. The van der Waals surface area contributed by atoms with Crippen molar-refractivity contribution in [1.29, 1.82) is 0 Å². The molecule has 1 aromatic heterocycles. The molecule has 30 heavy (non-hydrogen) atoms. The van der Waals surface area contributed by atoms with Gasteiger partial charge >= 0.3 is 0 Å². The highest BCUT2D eigenvalue weighted by molar-refractivity contribution is 14.0. The summed E-state index contributed by atoms with van der Waals surface area (Å²) < 4.78 is 7.41. The van der Waals surface area contributed by atoms with Crippen molar-refractivity contribution in [2.24, 2.45) is 4.99 Å². The van der Waals surface area contributed by atoms with Crippen molar-refractivity contribution >= 4 is 29.9 Å². The molecule has 0 saturated carbocycles. The largest absolute Gasteiger partial charge is 0.496 e. The van der Waals surface area contributed by atoms with E-state index in [0.717, 1.165) is 41.7 Å². The molecular weight excluding hydrogens is 489 g/mol. The molecular formula is C23H30IN5O.